The first-order valence-electron chi connectivity index (χ1n) is 4.73. The van der Waals surface area contributed by atoms with E-state index < -0.39 is 5.82 Å². The lowest BCUT2D eigenvalue weighted by molar-refractivity contribution is 0.225. The molecular weight excluding hydrogens is 199 g/mol. The Morgan fingerprint density at radius 2 is 2.07 bits per heavy atom. The van der Waals surface area contributed by atoms with Crippen LogP contribution >= 0.6 is 0 Å². The van der Waals surface area contributed by atoms with Gasteiger partial charge in [-0.2, -0.15) is 4.39 Å². The molecular formula is C11H15FO3. The molecule has 0 unspecified atom stereocenters. The fourth-order valence-corrected chi connectivity index (χ4v) is 1.27. The zero-order valence-electron chi connectivity index (χ0n) is 9.08. The van der Waals surface area contributed by atoms with Crippen molar-refractivity contribution in [2.24, 2.45) is 0 Å². The third-order valence-corrected chi connectivity index (χ3v) is 1.88. The molecule has 0 aliphatic heterocycles. The van der Waals surface area contributed by atoms with Crippen LogP contribution in [0.2, 0.25) is 0 Å². The highest BCUT2D eigenvalue weighted by Crippen LogP contribution is 2.30. The van der Waals surface area contributed by atoms with E-state index in [0.29, 0.717) is 5.56 Å². The van der Waals surface area contributed by atoms with Crippen molar-refractivity contribution in [2.45, 2.75) is 26.6 Å². The molecule has 0 radical (unpaired) electrons. The third-order valence-electron chi connectivity index (χ3n) is 1.88. The number of aliphatic hydroxyl groups is 1. The number of aliphatic hydroxyl groups excluding tert-OH is 1. The van der Waals surface area contributed by atoms with Crippen LogP contribution in [0.25, 0.3) is 0 Å². The number of rotatable bonds is 4. The molecule has 0 bridgehead atoms. The molecule has 0 aliphatic rings. The van der Waals surface area contributed by atoms with E-state index in [0.717, 1.165) is 0 Å². The van der Waals surface area contributed by atoms with E-state index in [1.54, 1.807) is 6.07 Å². The molecule has 1 aromatic rings. The average molecular weight is 214 g/mol. The Bertz CT molecular complexity index is 337. The van der Waals surface area contributed by atoms with Crippen molar-refractivity contribution in [1.82, 2.24) is 0 Å². The molecule has 3 nitrogen and oxygen atoms in total. The fourth-order valence-electron chi connectivity index (χ4n) is 1.27. The van der Waals surface area contributed by atoms with Crippen LogP contribution < -0.4 is 9.47 Å². The topological polar surface area (TPSA) is 38.7 Å². The highest BCUT2D eigenvalue weighted by Gasteiger charge is 2.15. The summed E-state index contributed by atoms with van der Waals surface area (Å²) in [5, 5.41) is 8.96. The van der Waals surface area contributed by atoms with E-state index in [4.69, 9.17) is 14.6 Å². The maximum absolute atomic E-state index is 13.7. The van der Waals surface area contributed by atoms with Crippen LogP contribution in [0.3, 0.4) is 0 Å². The molecule has 1 aromatic carbocycles. The summed E-state index contributed by atoms with van der Waals surface area (Å²) in [5.41, 5.74) is 0.408. The van der Waals surface area contributed by atoms with E-state index in [1.165, 1.54) is 13.2 Å². The lowest BCUT2D eigenvalue weighted by Gasteiger charge is -2.14. The van der Waals surface area contributed by atoms with Gasteiger partial charge in [0.05, 0.1) is 19.8 Å². The summed E-state index contributed by atoms with van der Waals surface area (Å²) in [6, 6.07) is 3.07. The van der Waals surface area contributed by atoms with E-state index in [-0.39, 0.29) is 24.2 Å². The predicted molar refractivity (Wildman–Crippen MR) is 54.6 cm³/mol. The second-order valence-electron chi connectivity index (χ2n) is 3.39. The fraction of sp³-hybridized carbons (Fsp3) is 0.455. The summed E-state index contributed by atoms with van der Waals surface area (Å²) in [5.74, 6) is -0.396. The molecule has 0 amide bonds. The van der Waals surface area contributed by atoms with Gasteiger partial charge in [-0.3, -0.25) is 0 Å². The van der Waals surface area contributed by atoms with Crippen LogP contribution in [0.4, 0.5) is 4.39 Å². The second kappa shape index (κ2) is 4.98. The third kappa shape index (κ3) is 2.59. The summed E-state index contributed by atoms with van der Waals surface area (Å²) in [7, 11) is 1.36. The minimum atomic E-state index is -0.572. The van der Waals surface area contributed by atoms with Gasteiger partial charge in [0.25, 0.3) is 0 Å². The smallest absolute Gasteiger partial charge is 0.207 e. The quantitative estimate of drug-likeness (QED) is 0.834. The Balaban J connectivity index is 3.11. The standard InChI is InChI=1S/C11H15FO3/c1-7(2)15-9-5-4-8(6-13)11(14-3)10(9)12/h4-5,7,13H,6H2,1-3H3. The van der Waals surface area contributed by atoms with Crippen molar-refractivity contribution < 1.29 is 19.0 Å². The Morgan fingerprint density at radius 3 is 2.53 bits per heavy atom. The SMILES string of the molecule is COc1c(CO)ccc(OC(C)C)c1F. The van der Waals surface area contributed by atoms with Gasteiger partial charge in [0.1, 0.15) is 0 Å². The van der Waals surface area contributed by atoms with Gasteiger partial charge in [-0.1, -0.05) is 0 Å². The van der Waals surface area contributed by atoms with Crippen LogP contribution in [0.1, 0.15) is 19.4 Å². The molecule has 0 saturated heterocycles. The van der Waals surface area contributed by atoms with Gasteiger partial charge in [-0.05, 0) is 26.0 Å². The van der Waals surface area contributed by atoms with Gasteiger partial charge in [0.15, 0.2) is 11.5 Å². The minimum Gasteiger partial charge on any atom is -0.493 e. The first kappa shape index (κ1) is 11.8. The first-order chi connectivity index (χ1) is 7.10. The summed E-state index contributed by atoms with van der Waals surface area (Å²) in [4.78, 5) is 0. The number of ether oxygens (including phenoxy) is 2. The molecule has 0 aromatic heterocycles. The molecule has 0 fully saturated rings. The van der Waals surface area contributed by atoms with E-state index in [2.05, 4.69) is 0 Å². The van der Waals surface area contributed by atoms with E-state index in [9.17, 15) is 4.39 Å². The van der Waals surface area contributed by atoms with Crippen molar-refractivity contribution in [1.29, 1.82) is 0 Å². The Morgan fingerprint density at radius 1 is 1.40 bits per heavy atom. The van der Waals surface area contributed by atoms with Crippen molar-refractivity contribution in [3.8, 4) is 11.5 Å². The molecule has 0 atom stereocenters. The summed E-state index contributed by atoms with van der Waals surface area (Å²) in [6.07, 6.45) is -0.107. The molecule has 15 heavy (non-hydrogen) atoms. The summed E-state index contributed by atoms with van der Waals surface area (Å²) in [6.45, 7) is 3.36. The van der Waals surface area contributed by atoms with Gasteiger partial charge >= 0.3 is 0 Å². The van der Waals surface area contributed by atoms with Gasteiger partial charge < -0.3 is 14.6 Å². The highest BCUT2D eigenvalue weighted by molar-refractivity contribution is 5.42. The normalized spacial score (nSPS) is 10.5. The molecule has 0 spiro atoms. The molecule has 0 aliphatic carbocycles. The van der Waals surface area contributed by atoms with Gasteiger partial charge in [-0.25, -0.2) is 0 Å². The lowest BCUT2D eigenvalue weighted by atomic mass is 10.2. The van der Waals surface area contributed by atoms with E-state index >= 15 is 0 Å². The van der Waals surface area contributed by atoms with Crippen molar-refractivity contribution in [2.75, 3.05) is 7.11 Å². The zero-order chi connectivity index (χ0) is 11.4. The summed E-state index contributed by atoms with van der Waals surface area (Å²) < 4.78 is 23.8. The number of halogens is 1. The van der Waals surface area contributed by atoms with Crippen molar-refractivity contribution in [3.63, 3.8) is 0 Å². The lowest BCUT2D eigenvalue weighted by Crippen LogP contribution is -2.08. The predicted octanol–water partition coefficient (Wildman–Crippen LogP) is 2.11. The van der Waals surface area contributed by atoms with Crippen molar-refractivity contribution in [3.05, 3.63) is 23.5 Å². The van der Waals surface area contributed by atoms with Crippen LogP contribution in [-0.4, -0.2) is 18.3 Å². The van der Waals surface area contributed by atoms with Gasteiger partial charge in [0.2, 0.25) is 5.82 Å². The maximum Gasteiger partial charge on any atom is 0.207 e. The van der Waals surface area contributed by atoms with Gasteiger partial charge in [0, 0.05) is 5.56 Å². The molecule has 84 valence electrons. The molecule has 0 heterocycles. The molecule has 1 rings (SSSR count). The van der Waals surface area contributed by atoms with Crippen molar-refractivity contribution >= 4 is 0 Å². The van der Waals surface area contributed by atoms with Crippen LogP contribution in [-0.2, 0) is 6.61 Å². The van der Waals surface area contributed by atoms with Crippen LogP contribution in [0, 0.1) is 5.82 Å². The Kier molecular flexibility index (Phi) is 3.91. The van der Waals surface area contributed by atoms with Crippen LogP contribution in [0.5, 0.6) is 11.5 Å². The largest absolute Gasteiger partial charge is 0.493 e. The number of hydrogen-bond donors (Lipinski definition) is 1. The van der Waals surface area contributed by atoms with Gasteiger partial charge in [-0.15, -0.1) is 0 Å². The average Bonchev–Trinajstić information content (AvgIpc) is 2.20. The molecule has 4 heteroatoms. The minimum absolute atomic E-state index is 0.0376. The zero-order valence-corrected chi connectivity index (χ0v) is 9.08. The van der Waals surface area contributed by atoms with Crippen LogP contribution in [0.15, 0.2) is 12.1 Å². The number of hydrogen-bond acceptors (Lipinski definition) is 3. The second-order valence-corrected chi connectivity index (χ2v) is 3.39. The monoisotopic (exact) mass is 214 g/mol. The number of benzene rings is 1. The maximum atomic E-state index is 13.7. The molecule has 0 saturated carbocycles. The highest BCUT2D eigenvalue weighted by atomic mass is 19.1. The number of methoxy groups -OCH3 is 1. The Hall–Kier alpha value is -1.29. The molecule has 1 N–H and O–H groups in total. The Labute approximate surface area is 88.4 Å². The first-order valence-corrected chi connectivity index (χ1v) is 4.73. The summed E-state index contributed by atoms with van der Waals surface area (Å²) >= 11 is 0. The van der Waals surface area contributed by atoms with E-state index in [1.807, 2.05) is 13.8 Å².